The van der Waals surface area contributed by atoms with Crippen molar-refractivity contribution in [2.45, 2.75) is 19.4 Å². The number of hydrogen-bond donors (Lipinski definition) is 1. The van der Waals surface area contributed by atoms with Crippen LogP contribution < -0.4 is 4.90 Å². The molecule has 6 rings (SSSR count). The van der Waals surface area contributed by atoms with Crippen molar-refractivity contribution in [3.63, 3.8) is 0 Å². The molecule has 4 aromatic heterocycles. The van der Waals surface area contributed by atoms with Crippen LogP contribution in [0.2, 0.25) is 0 Å². The summed E-state index contributed by atoms with van der Waals surface area (Å²) >= 11 is 0. The van der Waals surface area contributed by atoms with Gasteiger partial charge in [-0.3, -0.25) is 14.3 Å². The number of benzene rings is 1. The molecule has 0 bridgehead atoms. The lowest BCUT2D eigenvalue weighted by Gasteiger charge is -2.35. The standard InChI is InChI=1S/C22H18F2N10/c1-3-17-22-31-27-11-33(22)18-9-25-20(29-21(18)34(17)13-7-28-32(2)10-13)15-8-26-30-19(15)14-5-4-12(23)6-16(14)24/h4-11,17H,3H2,1-2H3,(H,26,30)/t17-/m1/s1. The van der Waals surface area contributed by atoms with E-state index in [1.165, 1.54) is 18.3 Å². The van der Waals surface area contributed by atoms with E-state index in [4.69, 9.17) is 4.98 Å². The summed E-state index contributed by atoms with van der Waals surface area (Å²) in [5.74, 6) is 0.374. The number of rotatable bonds is 4. The fourth-order valence-electron chi connectivity index (χ4n) is 4.32. The maximum Gasteiger partial charge on any atom is 0.165 e. The van der Waals surface area contributed by atoms with Gasteiger partial charge in [-0.2, -0.15) is 10.2 Å². The molecule has 34 heavy (non-hydrogen) atoms. The number of fused-ring (bicyclic) bond motifs is 3. The van der Waals surface area contributed by atoms with Gasteiger partial charge in [0.15, 0.2) is 17.5 Å². The first-order valence-corrected chi connectivity index (χ1v) is 10.6. The third-order valence-electron chi connectivity index (χ3n) is 5.86. The predicted octanol–water partition coefficient (Wildman–Crippen LogP) is 3.73. The quantitative estimate of drug-likeness (QED) is 0.436. The molecule has 5 aromatic rings. The van der Waals surface area contributed by atoms with Gasteiger partial charge in [0.1, 0.15) is 23.6 Å². The minimum absolute atomic E-state index is 0.139. The number of anilines is 2. The summed E-state index contributed by atoms with van der Waals surface area (Å²) in [6.07, 6.45) is 9.24. The molecule has 0 fully saturated rings. The molecule has 0 spiro atoms. The molecule has 0 unspecified atom stereocenters. The second-order valence-electron chi connectivity index (χ2n) is 7.91. The van der Waals surface area contributed by atoms with Gasteiger partial charge in [0.05, 0.1) is 41.6 Å². The number of aromatic nitrogens is 9. The van der Waals surface area contributed by atoms with Gasteiger partial charge in [0.25, 0.3) is 0 Å². The van der Waals surface area contributed by atoms with Crippen LogP contribution in [0.5, 0.6) is 0 Å². The third-order valence-corrected chi connectivity index (χ3v) is 5.86. The Kier molecular flexibility index (Phi) is 4.47. The number of nitrogens with one attached hydrogen (secondary N) is 1. The van der Waals surface area contributed by atoms with Crippen LogP contribution >= 0.6 is 0 Å². The van der Waals surface area contributed by atoms with Crippen molar-refractivity contribution in [1.82, 2.24) is 44.7 Å². The van der Waals surface area contributed by atoms with Crippen LogP contribution in [-0.2, 0) is 7.05 Å². The van der Waals surface area contributed by atoms with E-state index in [1.807, 2.05) is 17.8 Å². The van der Waals surface area contributed by atoms with E-state index in [0.29, 0.717) is 28.6 Å². The molecule has 170 valence electrons. The Hall–Kier alpha value is -4.48. The number of hydrogen-bond acceptors (Lipinski definition) is 7. The average molecular weight is 460 g/mol. The summed E-state index contributed by atoms with van der Waals surface area (Å²) in [6, 6.07) is 3.25. The first-order chi connectivity index (χ1) is 16.5. The fraction of sp³-hybridized carbons (Fsp3) is 0.182. The monoisotopic (exact) mass is 460 g/mol. The molecular weight excluding hydrogens is 442 g/mol. The van der Waals surface area contributed by atoms with Crippen molar-refractivity contribution >= 4 is 11.5 Å². The highest BCUT2D eigenvalue weighted by molar-refractivity contribution is 5.79. The lowest BCUT2D eigenvalue weighted by Crippen LogP contribution is -2.32. The maximum atomic E-state index is 14.5. The Bertz CT molecular complexity index is 1520. The molecule has 1 aliphatic heterocycles. The summed E-state index contributed by atoms with van der Waals surface area (Å²) in [5.41, 5.74) is 2.56. The van der Waals surface area contributed by atoms with Crippen molar-refractivity contribution in [1.29, 1.82) is 0 Å². The molecule has 1 aromatic carbocycles. The first-order valence-electron chi connectivity index (χ1n) is 10.6. The minimum atomic E-state index is -0.708. The minimum Gasteiger partial charge on any atom is -0.311 e. The smallest absolute Gasteiger partial charge is 0.165 e. The van der Waals surface area contributed by atoms with Gasteiger partial charge >= 0.3 is 0 Å². The zero-order valence-corrected chi connectivity index (χ0v) is 18.2. The van der Waals surface area contributed by atoms with E-state index in [-0.39, 0.29) is 11.6 Å². The number of H-pyrrole nitrogens is 1. The van der Waals surface area contributed by atoms with Gasteiger partial charge < -0.3 is 4.90 Å². The topological polar surface area (TPSA) is 106 Å². The summed E-state index contributed by atoms with van der Waals surface area (Å²) in [5, 5.41) is 19.6. The van der Waals surface area contributed by atoms with Gasteiger partial charge in [-0.15, -0.1) is 10.2 Å². The first kappa shape index (κ1) is 20.1. The van der Waals surface area contributed by atoms with E-state index in [2.05, 4.69) is 42.3 Å². The largest absolute Gasteiger partial charge is 0.311 e. The normalized spacial score (nSPS) is 14.8. The summed E-state index contributed by atoms with van der Waals surface area (Å²) in [6.45, 7) is 2.06. The van der Waals surface area contributed by atoms with Crippen molar-refractivity contribution in [2.75, 3.05) is 4.90 Å². The van der Waals surface area contributed by atoms with Crippen molar-refractivity contribution in [3.8, 4) is 28.3 Å². The van der Waals surface area contributed by atoms with E-state index in [1.54, 1.807) is 23.4 Å². The molecule has 5 heterocycles. The molecule has 10 nitrogen and oxygen atoms in total. The molecule has 0 amide bonds. The van der Waals surface area contributed by atoms with Gasteiger partial charge in [0.2, 0.25) is 0 Å². The van der Waals surface area contributed by atoms with Gasteiger partial charge in [-0.05, 0) is 18.6 Å². The van der Waals surface area contributed by atoms with Crippen LogP contribution in [0.15, 0.2) is 49.3 Å². The second-order valence-corrected chi connectivity index (χ2v) is 7.91. The highest BCUT2D eigenvalue weighted by Gasteiger charge is 2.35. The Labute approximate surface area is 191 Å². The number of aryl methyl sites for hydroxylation is 1. The lowest BCUT2D eigenvalue weighted by molar-refractivity contribution is 0.585. The fourth-order valence-corrected chi connectivity index (χ4v) is 4.32. The van der Waals surface area contributed by atoms with E-state index in [9.17, 15) is 8.78 Å². The highest BCUT2D eigenvalue weighted by Crippen LogP contribution is 2.43. The highest BCUT2D eigenvalue weighted by atomic mass is 19.1. The van der Waals surface area contributed by atoms with E-state index >= 15 is 0 Å². The van der Waals surface area contributed by atoms with Gasteiger partial charge in [0, 0.05) is 24.9 Å². The van der Waals surface area contributed by atoms with Crippen molar-refractivity contribution in [3.05, 3.63) is 66.8 Å². The summed E-state index contributed by atoms with van der Waals surface area (Å²) in [7, 11) is 1.85. The van der Waals surface area contributed by atoms with Crippen LogP contribution in [0.1, 0.15) is 25.2 Å². The van der Waals surface area contributed by atoms with Crippen molar-refractivity contribution in [2.24, 2.45) is 7.05 Å². The number of halogens is 2. The Morgan fingerprint density at radius 1 is 1.12 bits per heavy atom. The van der Waals surface area contributed by atoms with Crippen LogP contribution in [-0.4, -0.2) is 44.7 Å². The predicted molar refractivity (Wildman–Crippen MR) is 118 cm³/mol. The van der Waals surface area contributed by atoms with Crippen molar-refractivity contribution < 1.29 is 8.78 Å². The Morgan fingerprint density at radius 2 is 2.00 bits per heavy atom. The molecule has 1 atom stereocenters. The molecule has 0 aliphatic carbocycles. The molecule has 0 saturated carbocycles. The molecule has 1 aliphatic rings. The molecule has 1 N–H and O–H groups in total. The number of nitrogens with zero attached hydrogens (tertiary/aromatic N) is 9. The maximum absolute atomic E-state index is 14.5. The molecule has 12 heteroatoms. The van der Waals surface area contributed by atoms with E-state index in [0.717, 1.165) is 24.0 Å². The van der Waals surface area contributed by atoms with Crippen LogP contribution in [0.25, 0.3) is 28.3 Å². The zero-order chi connectivity index (χ0) is 23.4. The average Bonchev–Trinajstić information content (AvgIpc) is 3.58. The van der Waals surface area contributed by atoms with Gasteiger partial charge in [-0.1, -0.05) is 6.92 Å². The van der Waals surface area contributed by atoms with Crippen LogP contribution in [0, 0.1) is 11.6 Å². The molecular formula is C22H18F2N10. The summed E-state index contributed by atoms with van der Waals surface area (Å²) < 4.78 is 31.6. The Morgan fingerprint density at radius 3 is 2.76 bits per heavy atom. The molecule has 0 radical (unpaired) electrons. The summed E-state index contributed by atoms with van der Waals surface area (Å²) in [4.78, 5) is 11.5. The number of aromatic amines is 1. The van der Waals surface area contributed by atoms with Crippen LogP contribution in [0.3, 0.4) is 0 Å². The van der Waals surface area contributed by atoms with E-state index < -0.39 is 11.6 Å². The lowest BCUT2D eigenvalue weighted by atomic mass is 10.1. The third kappa shape index (κ3) is 2.99. The zero-order valence-electron chi connectivity index (χ0n) is 18.2. The van der Waals surface area contributed by atoms with Gasteiger partial charge in [-0.25, -0.2) is 18.7 Å². The molecule has 0 saturated heterocycles. The SMILES string of the molecule is CC[C@@H]1c2nncn2-c2cnc(-c3cn[nH]c3-c3ccc(F)cc3F)nc2N1c1cnn(C)c1. The van der Waals surface area contributed by atoms with Crippen LogP contribution in [0.4, 0.5) is 20.3 Å². The second kappa shape index (κ2) is 7.54. The Balaban J connectivity index is 1.54.